The number of nitrogens with two attached hydrogens (primary N) is 2. The fourth-order valence-corrected chi connectivity index (χ4v) is 3.82. The summed E-state index contributed by atoms with van der Waals surface area (Å²) in [5.74, 6) is 0.589. The van der Waals surface area contributed by atoms with Crippen LogP contribution in [-0.4, -0.2) is 16.4 Å². The van der Waals surface area contributed by atoms with Crippen molar-refractivity contribution < 1.29 is 4.74 Å². The minimum absolute atomic E-state index is 0.370. The lowest BCUT2D eigenvalue weighted by Gasteiger charge is -2.36. The second kappa shape index (κ2) is 8.95. The summed E-state index contributed by atoms with van der Waals surface area (Å²) in [5.41, 5.74) is 15.2. The van der Waals surface area contributed by atoms with Crippen LogP contribution in [0.1, 0.15) is 22.3 Å². The third-order valence-electron chi connectivity index (χ3n) is 5.34. The number of ether oxygens (including phenoxy) is 1. The van der Waals surface area contributed by atoms with E-state index in [9.17, 15) is 0 Å². The van der Waals surface area contributed by atoms with Crippen molar-refractivity contribution in [1.29, 1.82) is 0 Å². The zero-order valence-corrected chi connectivity index (χ0v) is 16.8. The normalized spacial score (nSPS) is 11.5. The minimum atomic E-state index is -0.748. The highest BCUT2D eigenvalue weighted by atomic mass is 16.5. The molecular weight excluding hydrogens is 372 g/mol. The molecule has 30 heavy (non-hydrogen) atoms. The van der Waals surface area contributed by atoms with Crippen LogP contribution in [0, 0.1) is 0 Å². The van der Waals surface area contributed by atoms with Crippen LogP contribution in [0.25, 0.3) is 0 Å². The van der Waals surface area contributed by atoms with Crippen molar-refractivity contribution in [3.8, 4) is 0 Å². The topological polar surface area (TPSA) is 79.1 Å². The van der Waals surface area contributed by atoms with Gasteiger partial charge in [-0.25, -0.2) is 4.68 Å². The summed E-state index contributed by atoms with van der Waals surface area (Å²) in [6, 6.07) is 30.9. The van der Waals surface area contributed by atoms with Gasteiger partial charge in [-0.15, -0.1) is 0 Å². The van der Waals surface area contributed by atoms with E-state index in [2.05, 4.69) is 41.5 Å². The molecule has 0 spiro atoms. The lowest BCUT2D eigenvalue weighted by atomic mass is 9.80. The van der Waals surface area contributed by atoms with E-state index in [-0.39, 0.29) is 0 Å². The van der Waals surface area contributed by atoms with Gasteiger partial charge in [0.1, 0.15) is 11.4 Å². The van der Waals surface area contributed by atoms with Crippen LogP contribution in [0.4, 0.5) is 5.82 Å². The van der Waals surface area contributed by atoms with Crippen LogP contribution in [0.15, 0.2) is 97.2 Å². The second-order valence-electron chi connectivity index (χ2n) is 7.11. The molecule has 0 bridgehead atoms. The molecule has 1 aromatic heterocycles. The standard InChI is InChI=1S/C25H26N4O/c26-18-20-19-28-29(24(20)27)16-17-30-25(21-10-4-1-5-11-21,22-12-6-2-7-13-22)23-14-8-3-9-15-23/h1-15,19H,16-18,26-27H2. The molecule has 0 unspecified atom stereocenters. The largest absolute Gasteiger partial charge is 0.384 e. The highest BCUT2D eigenvalue weighted by Crippen LogP contribution is 2.40. The van der Waals surface area contributed by atoms with Gasteiger partial charge in [-0.2, -0.15) is 5.10 Å². The minimum Gasteiger partial charge on any atom is -0.384 e. The van der Waals surface area contributed by atoms with Crippen molar-refractivity contribution in [1.82, 2.24) is 9.78 Å². The van der Waals surface area contributed by atoms with Gasteiger partial charge in [0.25, 0.3) is 0 Å². The van der Waals surface area contributed by atoms with Gasteiger partial charge in [0, 0.05) is 12.1 Å². The van der Waals surface area contributed by atoms with Gasteiger partial charge in [0.2, 0.25) is 0 Å². The van der Waals surface area contributed by atoms with E-state index in [4.69, 9.17) is 16.2 Å². The van der Waals surface area contributed by atoms with E-state index in [0.29, 0.717) is 25.5 Å². The number of benzene rings is 3. The summed E-state index contributed by atoms with van der Waals surface area (Å²) in [7, 11) is 0. The molecular formula is C25H26N4O. The molecule has 5 nitrogen and oxygen atoms in total. The summed E-state index contributed by atoms with van der Waals surface area (Å²) in [4.78, 5) is 0. The van der Waals surface area contributed by atoms with Crippen molar-refractivity contribution in [2.75, 3.05) is 12.3 Å². The fourth-order valence-electron chi connectivity index (χ4n) is 3.82. The third kappa shape index (κ3) is 3.73. The first-order valence-electron chi connectivity index (χ1n) is 10.1. The quantitative estimate of drug-likeness (QED) is 0.441. The molecule has 4 aromatic rings. The maximum atomic E-state index is 6.74. The average molecular weight is 399 g/mol. The Kier molecular flexibility index (Phi) is 5.93. The van der Waals surface area contributed by atoms with E-state index in [1.54, 1.807) is 10.9 Å². The highest BCUT2D eigenvalue weighted by Gasteiger charge is 2.37. The first-order valence-corrected chi connectivity index (χ1v) is 10.1. The summed E-state index contributed by atoms with van der Waals surface area (Å²) in [6.07, 6.45) is 1.72. The van der Waals surface area contributed by atoms with Crippen LogP contribution in [0.3, 0.4) is 0 Å². The maximum absolute atomic E-state index is 6.74. The summed E-state index contributed by atoms with van der Waals surface area (Å²) >= 11 is 0. The van der Waals surface area contributed by atoms with Gasteiger partial charge in [0.05, 0.1) is 19.3 Å². The predicted octanol–water partition coefficient (Wildman–Crippen LogP) is 3.93. The molecule has 0 aliphatic heterocycles. The van der Waals surface area contributed by atoms with Gasteiger partial charge in [0.15, 0.2) is 0 Å². The van der Waals surface area contributed by atoms with Gasteiger partial charge < -0.3 is 16.2 Å². The Labute approximate surface area is 176 Å². The van der Waals surface area contributed by atoms with Crippen LogP contribution >= 0.6 is 0 Å². The Morgan fingerprint density at radius 1 is 0.767 bits per heavy atom. The molecule has 0 saturated carbocycles. The number of aromatic nitrogens is 2. The monoisotopic (exact) mass is 398 g/mol. The van der Waals surface area contributed by atoms with Crippen LogP contribution in [0.5, 0.6) is 0 Å². The molecule has 4 rings (SSSR count). The molecule has 5 heteroatoms. The molecule has 0 atom stereocenters. The molecule has 1 heterocycles. The van der Waals surface area contributed by atoms with Gasteiger partial charge in [-0.3, -0.25) is 0 Å². The molecule has 4 N–H and O–H groups in total. The van der Waals surface area contributed by atoms with Gasteiger partial charge in [-0.05, 0) is 16.7 Å². The Morgan fingerprint density at radius 3 is 1.63 bits per heavy atom. The Balaban J connectivity index is 1.75. The smallest absolute Gasteiger partial charge is 0.143 e. The lowest BCUT2D eigenvalue weighted by Crippen LogP contribution is -2.34. The first kappa shape index (κ1) is 19.9. The summed E-state index contributed by atoms with van der Waals surface area (Å²) < 4.78 is 8.49. The number of hydrogen-bond acceptors (Lipinski definition) is 4. The number of hydrogen-bond donors (Lipinski definition) is 2. The van der Waals surface area contributed by atoms with Crippen LogP contribution in [-0.2, 0) is 23.4 Å². The third-order valence-corrected chi connectivity index (χ3v) is 5.34. The zero-order valence-electron chi connectivity index (χ0n) is 16.8. The van der Waals surface area contributed by atoms with Gasteiger partial charge >= 0.3 is 0 Å². The van der Waals surface area contributed by atoms with E-state index < -0.39 is 5.60 Å². The first-order chi connectivity index (χ1) is 14.8. The Morgan fingerprint density at radius 2 is 1.23 bits per heavy atom. The van der Waals surface area contributed by atoms with Crippen LogP contribution in [0.2, 0.25) is 0 Å². The highest BCUT2D eigenvalue weighted by molar-refractivity contribution is 5.47. The Bertz CT molecular complexity index is 966. The van der Waals surface area contributed by atoms with Crippen molar-refractivity contribution in [2.45, 2.75) is 18.7 Å². The number of rotatable bonds is 8. The molecule has 0 aliphatic carbocycles. The van der Waals surface area contributed by atoms with E-state index >= 15 is 0 Å². The molecule has 152 valence electrons. The molecule has 0 amide bonds. The van der Waals surface area contributed by atoms with Gasteiger partial charge in [-0.1, -0.05) is 91.0 Å². The number of anilines is 1. The average Bonchev–Trinajstić information content (AvgIpc) is 3.18. The molecule has 3 aromatic carbocycles. The number of nitrogens with zero attached hydrogens (tertiary/aromatic N) is 2. The molecule has 0 aliphatic rings. The van der Waals surface area contributed by atoms with Crippen LogP contribution < -0.4 is 11.5 Å². The van der Waals surface area contributed by atoms with Crippen molar-refractivity contribution in [3.63, 3.8) is 0 Å². The van der Waals surface area contributed by atoms with E-state index in [1.807, 2.05) is 54.6 Å². The fraction of sp³-hybridized carbons (Fsp3) is 0.160. The van der Waals surface area contributed by atoms with Crippen molar-refractivity contribution in [2.24, 2.45) is 5.73 Å². The van der Waals surface area contributed by atoms with E-state index in [1.165, 1.54) is 0 Å². The lowest BCUT2D eigenvalue weighted by molar-refractivity contribution is 0.00737. The SMILES string of the molecule is NCc1cnn(CCOC(c2ccccc2)(c2ccccc2)c2ccccc2)c1N. The zero-order chi connectivity index (χ0) is 20.8. The second-order valence-corrected chi connectivity index (χ2v) is 7.11. The van der Waals surface area contributed by atoms with Crippen molar-refractivity contribution in [3.05, 3.63) is 119 Å². The predicted molar refractivity (Wildman–Crippen MR) is 120 cm³/mol. The Hall–Kier alpha value is -3.41. The molecule has 0 saturated heterocycles. The van der Waals surface area contributed by atoms with Crippen molar-refractivity contribution >= 4 is 5.82 Å². The summed E-state index contributed by atoms with van der Waals surface area (Å²) in [6.45, 7) is 1.32. The molecule has 0 radical (unpaired) electrons. The number of nitrogen functional groups attached to an aromatic ring is 1. The molecule has 0 fully saturated rings. The summed E-state index contributed by atoms with van der Waals surface area (Å²) in [5, 5.41) is 4.36. The maximum Gasteiger partial charge on any atom is 0.143 e. The van der Waals surface area contributed by atoms with E-state index in [0.717, 1.165) is 22.3 Å².